The van der Waals surface area contributed by atoms with Crippen LogP contribution in [0.2, 0.25) is 0 Å². The molecule has 1 aromatic carbocycles. The van der Waals surface area contributed by atoms with Crippen molar-refractivity contribution >= 4 is 11.5 Å². The summed E-state index contributed by atoms with van der Waals surface area (Å²) < 4.78 is 0. The summed E-state index contributed by atoms with van der Waals surface area (Å²) in [7, 11) is 4.00. The van der Waals surface area contributed by atoms with Crippen LogP contribution in [0, 0.1) is 0 Å². The number of fused-ring (bicyclic) bond motifs is 1. The maximum Gasteiger partial charge on any atom is 0.151 e. The number of nitrogens with zero attached hydrogens (tertiary/aromatic N) is 2. The van der Waals surface area contributed by atoms with E-state index in [0.29, 0.717) is 0 Å². The second-order valence-electron chi connectivity index (χ2n) is 5.44. The SMILES string of the molecule is CN(C)c1ncccc1NC1CC(N)c2ccccc21. The standard InChI is InChI=1S/C16H20N4/c1-20(2)16-14(8-5-9-18-16)19-15-10-13(17)11-6-3-4-7-12(11)15/h3-9,13,15,19H,10,17H2,1-2H3. The van der Waals surface area contributed by atoms with E-state index in [9.17, 15) is 0 Å². The van der Waals surface area contributed by atoms with Crippen LogP contribution in [-0.2, 0) is 0 Å². The lowest BCUT2D eigenvalue weighted by Crippen LogP contribution is -2.16. The molecule has 0 spiro atoms. The Hall–Kier alpha value is -2.07. The molecule has 0 radical (unpaired) electrons. The van der Waals surface area contributed by atoms with E-state index in [2.05, 4.69) is 40.6 Å². The van der Waals surface area contributed by atoms with Gasteiger partial charge in [-0.05, 0) is 29.7 Å². The van der Waals surface area contributed by atoms with Crippen molar-refractivity contribution in [2.45, 2.75) is 18.5 Å². The third kappa shape index (κ3) is 2.23. The van der Waals surface area contributed by atoms with Crippen LogP contribution < -0.4 is 16.0 Å². The Labute approximate surface area is 119 Å². The zero-order valence-electron chi connectivity index (χ0n) is 11.9. The Morgan fingerprint density at radius 3 is 2.65 bits per heavy atom. The zero-order valence-corrected chi connectivity index (χ0v) is 11.9. The molecule has 0 saturated heterocycles. The number of anilines is 2. The second-order valence-corrected chi connectivity index (χ2v) is 5.44. The normalized spacial score (nSPS) is 20.6. The Balaban J connectivity index is 1.90. The summed E-state index contributed by atoms with van der Waals surface area (Å²) in [6.07, 6.45) is 2.73. The Kier molecular flexibility index (Phi) is 3.32. The van der Waals surface area contributed by atoms with Gasteiger partial charge in [0.25, 0.3) is 0 Å². The fourth-order valence-electron chi connectivity index (χ4n) is 2.86. The summed E-state index contributed by atoms with van der Waals surface area (Å²) in [6.45, 7) is 0. The van der Waals surface area contributed by atoms with E-state index < -0.39 is 0 Å². The van der Waals surface area contributed by atoms with Gasteiger partial charge in [0.1, 0.15) is 0 Å². The molecule has 2 atom stereocenters. The van der Waals surface area contributed by atoms with Gasteiger partial charge in [0.2, 0.25) is 0 Å². The van der Waals surface area contributed by atoms with E-state index >= 15 is 0 Å². The lowest BCUT2D eigenvalue weighted by Gasteiger charge is -2.21. The maximum atomic E-state index is 6.22. The van der Waals surface area contributed by atoms with Gasteiger partial charge < -0.3 is 16.0 Å². The largest absolute Gasteiger partial charge is 0.375 e. The van der Waals surface area contributed by atoms with Crippen molar-refractivity contribution in [2.75, 3.05) is 24.3 Å². The molecule has 4 heteroatoms. The number of pyridine rings is 1. The summed E-state index contributed by atoms with van der Waals surface area (Å²) >= 11 is 0. The molecule has 0 bridgehead atoms. The molecule has 0 amide bonds. The average molecular weight is 268 g/mol. The quantitative estimate of drug-likeness (QED) is 0.898. The third-order valence-corrected chi connectivity index (χ3v) is 3.80. The van der Waals surface area contributed by atoms with E-state index in [4.69, 9.17) is 5.73 Å². The molecule has 104 valence electrons. The topological polar surface area (TPSA) is 54.2 Å². The Morgan fingerprint density at radius 2 is 1.90 bits per heavy atom. The Morgan fingerprint density at radius 1 is 1.15 bits per heavy atom. The first-order valence-corrected chi connectivity index (χ1v) is 6.90. The van der Waals surface area contributed by atoms with E-state index in [1.165, 1.54) is 11.1 Å². The van der Waals surface area contributed by atoms with Gasteiger partial charge >= 0.3 is 0 Å². The molecule has 2 aromatic rings. The number of hydrogen-bond acceptors (Lipinski definition) is 4. The van der Waals surface area contributed by atoms with Crippen LogP contribution in [0.1, 0.15) is 29.6 Å². The van der Waals surface area contributed by atoms with Gasteiger partial charge in [-0.1, -0.05) is 24.3 Å². The highest BCUT2D eigenvalue weighted by molar-refractivity contribution is 5.66. The number of rotatable bonds is 3. The van der Waals surface area contributed by atoms with Crippen molar-refractivity contribution in [2.24, 2.45) is 5.73 Å². The van der Waals surface area contributed by atoms with Crippen molar-refractivity contribution in [3.05, 3.63) is 53.7 Å². The van der Waals surface area contributed by atoms with E-state index in [0.717, 1.165) is 17.9 Å². The number of benzene rings is 1. The average Bonchev–Trinajstić information content (AvgIpc) is 2.76. The van der Waals surface area contributed by atoms with E-state index in [-0.39, 0.29) is 12.1 Å². The van der Waals surface area contributed by atoms with Crippen LogP contribution in [0.25, 0.3) is 0 Å². The summed E-state index contributed by atoms with van der Waals surface area (Å²) in [5.41, 5.74) is 9.82. The summed E-state index contributed by atoms with van der Waals surface area (Å²) in [5, 5.41) is 3.59. The van der Waals surface area contributed by atoms with Crippen molar-refractivity contribution in [3.63, 3.8) is 0 Å². The van der Waals surface area contributed by atoms with Crippen LogP contribution in [-0.4, -0.2) is 19.1 Å². The van der Waals surface area contributed by atoms with Crippen molar-refractivity contribution in [1.29, 1.82) is 0 Å². The summed E-state index contributed by atoms with van der Waals surface area (Å²) in [5.74, 6) is 0.949. The van der Waals surface area contributed by atoms with Gasteiger partial charge in [-0.3, -0.25) is 0 Å². The predicted octanol–water partition coefficient (Wildman–Crippen LogP) is 2.70. The Bertz CT molecular complexity index is 609. The molecule has 1 heterocycles. The van der Waals surface area contributed by atoms with Crippen molar-refractivity contribution in [1.82, 2.24) is 4.98 Å². The summed E-state index contributed by atoms with van der Waals surface area (Å²) in [4.78, 5) is 6.44. The van der Waals surface area contributed by atoms with E-state index in [1.54, 1.807) is 0 Å². The van der Waals surface area contributed by atoms with Crippen molar-refractivity contribution < 1.29 is 0 Å². The molecule has 0 fully saturated rings. The fraction of sp³-hybridized carbons (Fsp3) is 0.312. The number of nitrogens with one attached hydrogen (secondary N) is 1. The molecule has 0 saturated carbocycles. The predicted molar refractivity (Wildman–Crippen MR) is 82.9 cm³/mol. The minimum atomic E-state index is 0.114. The molecule has 1 aromatic heterocycles. The molecule has 1 aliphatic carbocycles. The first-order chi connectivity index (χ1) is 9.66. The number of nitrogens with two attached hydrogens (primary N) is 1. The zero-order chi connectivity index (χ0) is 14.1. The van der Waals surface area contributed by atoms with Gasteiger partial charge in [0.15, 0.2) is 5.82 Å². The molecule has 2 unspecified atom stereocenters. The molecule has 4 nitrogen and oxygen atoms in total. The van der Waals surface area contributed by atoms with Crippen LogP contribution in [0.5, 0.6) is 0 Å². The van der Waals surface area contributed by atoms with Crippen LogP contribution in [0.3, 0.4) is 0 Å². The summed E-state index contributed by atoms with van der Waals surface area (Å²) in [6, 6.07) is 12.8. The second kappa shape index (κ2) is 5.13. The highest BCUT2D eigenvalue weighted by atomic mass is 15.2. The minimum Gasteiger partial charge on any atom is -0.375 e. The van der Waals surface area contributed by atoms with Gasteiger partial charge in [0, 0.05) is 26.3 Å². The minimum absolute atomic E-state index is 0.114. The molecule has 0 aliphatic heterocycles. The highest BCUT2D eigenvalue weighted by Crippen LogP contribution is 2.40. The first kappa shape index (κ1) is 12.9. The van der Waals surface area contributed by atoms with Gasteiger partial charge in [0.05, 0.1) is 11.7 Å². The van der Waals surface area contributed by atoms with Gasteiger partial charge in [-0.25, -0.2) is 4.98 Å². The van der Waals surface area contributed by atoms with Crippen molar-refractivity contribution in [3.8, 4) is 0 Å². The molecular formula is C16H20N4. The molecule has 20 heavy (non-hydrogen) atoms. The lowest BCUT2D eigenvalue weighted by atomic mass is 10.1. The third-order valence-electron chi connectivity index (χ3n) is 3.80. The molecule has 1 aliphatic rings. The molecule has 3 rings (SSSR count). The number of hydrogen-bond donors (Lipinski definition) is 2. The highest BCUT2D eigenvalue weighted by Gasteiger charge is 2.28. The van der Waals surface area contributed by atoms with Crippen LogP contribution >= 0.6 is 0 Å². The van der Waals surface area contributed by atoms with Gasteiger partial charge in [-0.2, -0.15) is 0 Å². The van der Waals surface area contributed by atoms with Gasteiger partial charge in [-0.15, -0.1) is 0 Å². The van der Waals surface area contributed by atoms with Crippen LogP contribution in [0.15, 0.2) is 42.6 Å². The fourth-order valence-corrected chi connectivity index (χ4v) is 2.86. The maximum absolute atomic E-state index is 6.22. The lowest BCUT2D eigenvalue weighted by molar-refractivity contribution is 0.648. The smallest absolute Gasteiger partial charge is 0.151 e. The molecular weight excluding hydrogens is 248 g/mol. The van der Waals surface area contributed by atoms with Crippen LogP contribution in [0.4, 0.5) is 11.5 Å². The number of aromatic nitrogens is 1. The monoisotopic (exact) mass is 268 g/mol. The first-order valence-electron chi connectivity index (χ1n) is 6.90. The van der Waals surface area contributed by atoms with E-state index in [1.807, 2.05) is 31.3 Å². The molecule has 3 N–H and O–H groups in total.